The number of Topliss-reactive ketones (excluding diaryl/α,β-unsaturated/α-hetero) is 1. The number of rotatable bonds is 7. The molecule has 0 aliphatic carbocycles. The van der Waals surface area contributed by atoms with E-state index in [0.29, 0.717) is 6.42 Å². The fourth-order valence-corrected chi connectivity index (χ4v) is 2.92. The zero-order valence-electron chi connectivity index (χ0n) is 14.8. The summed E-state index contributed by atoms with van der Waals surface area (Å²) in [6, 6.07) is 17.7. The van der Waals surface area contributed by atoms with Gasteiger partial charge in [0.15, 0.2) is 0 Å². The van der Waals surface area contributed by atoms with Gasteiger partial charge in [-0.2, -0.15) is 0 Å². The van der Waals surface area contributed by atoms with Crippen molar-refractivity contribution < 1.29 is 18.7 Å². The van der Waals surface area contributed by atoms with Crippen LogP contribution in [0.15, 0.2) is 54.6 Å². The van der Waals surface area contributed by atoms with Crippen LogP contribution in [0, 0.1) is 5.41 Å². The SMILES string of the molecule is CC(=O)C(C)(CCc1ccc(-c2ccccc2)cc1)C(C)(O)C(F)F. The summed E-state index contributed by atoms with van der Waals surface area (Å²) in [7, 11) is 0. The van der Waals surface area contributed by atoms with Crippen molar-refractivity contribution in [2.45, 2.75) is 45.6 Å². The predicted molar refractivity (Wildman–Crippen MR) is 95.6 cm³/mol. The molecule has 0 amide bonds. The van der Waals surface area contributed by atoms with Gasteiger partial charge in [0.05, 0.1) is 5.41 Å². The van der Waals surface area contributed by atoms with Gasteiger partial charge >= 0.3 is 0 Å². The number of ketones is 1. The number of hydrogen-bond donors (Lipinski definition) is 1. The Kier molecular flexibility index (Phi) is 5.73. The highest BCUT2D eigenvalue weighted by molar-refractivity contribution is 5.83. The van der Waals surface area contributed by atoms with Crippen molar-refractivity contribution in [2.24, 2.45) is 5.41 Å². The topological polar surface area (TPSA) is 37.3 Å². The molecule has 2 atom stereocenters. The third-order valence-corrected chi connectivity index (χ3v) is 5.29. The van der Waals surface area contributed by atoms with E-state index in [2.05, 4.69) is 0 Å². The Balaban J connectivity index is 2.15. The molecule has 2 aromatic rings. The molecule has 2 rings (SSSR count). The second kappa shape index (κ2) is 7.44. The molecule has 4 heteroatoms. The summed E-state index contributed by atoms with van der Waals surface area (Å²) >= 11 is 0. The van der Waals surface area contributed by atoms with Crippen molar-refractivity contribution in [3.05, 3.63) is 60.2 Å². The van der Waals surface area contributed by atoms with Crippen LogP contribution in [0.1, 0.15) is 32.8 Å². The van der Waals surface area contributed by atoms with Gasteiger partial charge in [0.25, 0.3) is 6.43 Å². The molecule has 0 spiro atoms. The van der Waals surface area contributed by atoms with Gasteiger partial charge in [0.2, 0.25) is 0 Å². The fraction of sp³-hybridized carbons (Fsp3) is 0.381. The summed E-state index contributed by atoms with van der Waals surface area (Å²) in [5.41, 5.74) is -0.749. The summed E-state index contributed by atoms with van der Waals surface area (Å²) in [6.07, 6.45) is -2.39. The minimum atomic E-state index is -2.98. The highest BCUT2D eigenvalue weighted by atomic mass is 19.3. The number of aliphatic hydroxyl groups is 1. The second-order valence-corrected chi connectivity index (χ2v) is 6.90. The fourth-order valence-electron chi connectivity index (χ4n) is 2.92. The first-order chi connectivity index (χ1) is 11.7. The summed E-state index contributed by atoms with van der Waals surface area (Å²) in [6.45, 7) is 3.72. The van der Waals surface area contributed by atoms with Crippen LogP contribution in [0.2, 0.25) is 0 Å². The standard InChI is InChI=1S/C21H24F2O2/c1-15(24)20(2,21(3,25)19(22)23)14-13-16-9-11-18(12-10-16)17-7-5-4-6-8-17/h4-12,19,25H,13-14H2,1-3H3. The van der Waals surface area contributed by atoms with E-state index in [9.17, 15) is 18.7 Å². The zero-order chi connectivity index (χ0) is 18.7. The maximum atomic E-state index is 13.2. The van der Waals surface area contributed by atoms with Crippen molar-refractivity contribution in [3.8, 4) is 11.1 Å². The van der Waals surface area contributed by atoms with Crippen molar-refractivity contribution in [1.82, 2.24) is 0 Å². The van der Waals surface area contributed by atoms with Crippen LogP contribution in [0.5, 0.6) is 0 Å². The number of alkyl halides is 2. The van der Waals surface area contributed by atoms with Crippen LogP contribution in [-0.4, -0.2) is 22.9 Å². The highest BCUT2D eigenvalue weighted by Crippen LogP contribution is 2.41. The highest BCUT2D eigenvalue weighted by Gasteiger charge is 2.52. The first kappa shape index (κ1) is 19.3. The molecule has 0 aliphatic rings. The normalized spacial score (nSPS) is 16.3. The molecule has 2 aromatic carbocycles. The largest absolute Gasteiger partial charge is 0.383 e. The van der Waals surface area contributed by atoms with Crippen LogP contribution < -0.4 is 0 Å². The molecule has 0 aromatic heterocycles. The molecular weight excluding hydrogens is 322 g/mol. The van der Waals surface area contributed by atoms with Crippen molar-refractivity contribution in [1.29, 1.82) is 0 Å². The van der Waals surface area contributed by atoms with Crippen molar-refractivity contribution in [2.75, 3.05) is 0 Å². The van der Waals surface area contributed by atoms with Crippen LogP contribution in [-0.2, 0) is 11.2 Å². The van der Waals surface area contributed by atoms with Gasteiger partial charge in [0.1, 0.15) is 11.4 Å². The number of carbonyl (C=O) groups excluding carboxylic acids is 1. The second-order valence-electron chi connectivity index (χ2n) is 6.90. The maximum Gasteiger partial charge on any atom is 0.267 e. The number of halogens is 2. The summed E-state index contributed by atoms with van der Waals surface area (Å²) in [5, 5.41) is 10.2. The molecular formula is C21H24F2O2. The van der Waals surface area contributed by atoms with E-state index in [1.807, 2.05) is 54.6 Å². The third-order valence-electron chi connectivity index (χ3n) is 5.29. The van der Waals surface area contributed by atoms with Crippen LogP contribution in [0.25, 0.3) is 11.1 Å². The average Bonchev–Trinajstić information content (AvgIpc) is 2.60. The van der Waals surface area contributed by atoms with Crippen molar-refractivity contribution in [3.63, 3.8) is 0 Å². The van der Waals surface area contributed by atoms with E-state index in [0.717, 1.165) is 23.6 Å². The molecule has 0 aliphatic heterocycles. The van der Waals surface area contributed by atoms with Crippen molar-refractivity contribution >= 4 is 5.78 Å². The molecule has 0 heterocycles. The van der Waals surface area contributed by atoms with Crippen LogP contribution >= 0.6 is 0 Å². The lowest BCUT2D eigenvalue weighted by Gasteiger charge is -2.40. The quantitative estimate of drug-likeness (QED) is 0.774. The van der Waals surface area contributed by atoms with E-state index < -0.39 is 23.2 Å². The minimum Gasteiger partial charge on any atom is -0.383 e. The molecule has 2 unspecified atom stereocenters. The number of hydrogen-bond acceptors (Lipinski definition) is 2. The smallest absolute Gasteiger partial charge is 0.267 e. The lowest BCUT2D eigenvalue weighted by atomic mass is 9.68. The molecule has 1 N–H and O–H groups in total. The Morgan fingerprint density at radius 3 is 2.00 bits per heavy atom. The van der Waals surface area contributed by atoms with Gasteiger partial charge in [-0.15, -0.1) is 0 Å². The third kappa shape index (κ3) is 3.96. The van der Waals surface area contributed by atoms with E-state index in [1.54, 1.807) is 0 Å². The lowest BCUT2D eigenvalue weighted by Crippen LogP contribution is -2.53. The Morgan fingerprint density at radius 1 is 1.00 bits per heavy atom. The molecule has 0 saturated heterocycles. The molecule has 0 radical (unpaired) electrons. The summed E-state index contributed by atoms with van der Waals surface area (Å²) < 4.78 is 26.5. The van der Waals surface area contributed by atoms with Gasteiger partial charge in [-0.05, 0) is 50.3 Å². The molecule has 0 bridgehead atoms. The number of carbonyl (C=O) groups is 1. The Bertz CT molecular complexity index is 708. The van der Waals surface area contributed by atoms with Crippen LogP contribution in [0.4, 0.5) is 8.78 Å². The monoisotopic (exact) mass is 346 g/mol. The predicted octanol–water partition coefficient (Wildman–Crippen LogP) is 4.90. The maximum absolute atomic E-state index is 13.2. The van der Waals surface area contributed by atoms with Gasteiger partial charge < -0.3 is 5.11 Å². The number of aryl methyl sites for hydroxylation is 1. The van der Waals surface area contributed by atoms with E-state index in [1.165, 1.54) is 13.8 Å². The molecule has 134 valence electrons. The summed E-state index contributed by atoms with van der Waals surface area (Å²) in [4.78, 5) is 12.0. The van der Waals surface area contributed by atoms with Gasteiger partial charge in [-0.25, -0.2) is 8.78 Å². The average molecular weight is 346 g/mol. The molecule has 25 heavy (non-hydrogen) atoms. The van der Waals surface area contributed by atoms with Gasteiger partial charge in [-0.3, -0.25) is 4.79 Å². The Morgan fingerprint density at radius 2 is 1.52 bits per heavy atom. The van der Waals surface area contributed by atoms with E-state index in [-0.39, 0.29) is 6.42 Å². The van der Waals surface area contributed by atoms with Crippen LogP contribution in [0.3, 0.4) is 0 Å². The Labute approximate surface area is 147 Å². The van der Waals surface area contributed by atoms with Gasteiger partial charge in [-0.1, -0.05) is 54.6 Å². The molecule has 2 nitrogen and oxygen atoms in total. The minimum absolute atomic E-state index is 0.157. The lowest BCUT2D eigenvalue weighted by molar-refractivity contribution is -0.173. The first-order valence-electron chi connectivity index (χ1n) is 8.34. The molecule has 0 saturated carbocycles. The number of benzene rings is 2. The first-order valence-corrected chi connectivity index (χ1v) is 8.34. The Hall–Kier alpha value is -2.07. The molecule has 0 fully saturated rings. The van der Waals surface area contributed by atoms with E-state index >= 15 is 0 Å². The van der Waals surface area contributed by atoms with Gasteiger partial charge in [0, 0.05) is 0 Å². The zero-order valence-corrected chi connectivity index (χ0v) is 14.8. The summed E-state index contributed by atoms with van der Waals surface area (Å²) in [5.74, 6) is -0.432. The van der Waals surface area contributed by atoms with E-state index in [4.69, 9.17) is 0 Å².